The molecule has 0 saturated carbocycles. The number of nitrogens with two attached hydrogens (primary N) is 1. The third kappa shape index (κ3) is 4.84. The van der Waals surface area contributed by atoms with Crippen LogP contribution in [0.3, 0.4) is 0 Å². The zero-order valence-electron chi connectivity index (χ0n) is 15.8. The van der Waals surface area contributed by atoms with Crippen molar-refractivity contribution >= 4 is 17.6 Å². The average molecular weight is 370 g/mol. The Bertz CT molecular complexity index is 818. The molecule has 1 aliphatic heterocycles. The van der Waals surface area contributed by atoms with E-state index in [9.17, 15) is 9.59 Å². The molecule has 0 spiro atoms. The number of primary amides is 1. The predicted octanol–water partition coefficient (Wildman–Crippen LogP) is 0.735. The van der Waals surface area contributed by atoms with Gasteiger partial charge in [-0.3, -0.25) is 14.3 Å². The third-order valence-corrected chi connectivity index (χ3v) is 4.91. The lowest BCUT2D eigenvalue weighted by atomic mass is 10.0. The quantitative estimate of drug-likeness (QED) is 0.747. The van der Waals surface area contributed by atoms with Crippen molar-refractivity contribution in [2.75, 3.05) is 24.5 Å². The monoisotopic (exact) mass is 370 g/mol. The maximum atomic E-state index is 12.5. The molecule has 0 radical (unpaired) electrons. The Hall–Kier alpha value is -2.90. The van der Waals surface area contributed by atoms with E-state index in [1.54, 1.807) is 29.2 Å². The molecule has 0 aromatic carbocycles. The lowest BCUT2D eigenvalue weighted by molar-refractivity contribution is -0.121. The fourth-order valence-electron chi connectivity index (χ4n) is 3.33. The second-order valence-electron chi connectivity index (χ2n) is 7.28. The molecular weight excluding hydrogens is 344 g/mol. The van der Waals surface area contributed by atoms with Crippen LogP contribution in [0.4, 0.5) is 5.82 Å². The van der Waals surface area contributed by atoms with E-state index in [2.05, 4.69) is 27.2 Å². The normalized spacial score (nSPS) is 17.7. The van der Waals surface area contributed by atoms with Gasteiger partial charge in [-0.1, -0.05) is 6.92 Å². The second-order valence-corrected chi connectivity index (χ2v) is 7.28. The summed E-state index contributed by atoms with van der Waals surface area (Å²) in [6, 6.07) is 3.48. The van der Waals surface area contributed by atoms with Crippen molar-refractivity contribution in [1.29, 1.82) is 0 Å². The number of hydrogen-bond acceptors (Lipinski definition) is 5. The lowest BCUT2D eigenvalue weighted by Gasteiger charge is -2.18. The molecule has 2 aromatic rings. The van der Waals surface area contributed by atoms with Crippen LogP contribution in [0.25, 0.3) is 0 Å². The number of amides is 2. The molecule has 2 aromatic heterocycles. The number of aryl methyl sites for hydroxylation is 1. The van der Waals surface area contributed by atoms with E-state index >= 15 is 0 Å². The number of carbonyl (C=O) groups excluding carboxylic acids is 2. The third-order valence-electron chi connectivity index (χ3n) is 4.91. The van der Waals surface area contributed by atoms with E-state index in [0.29, 0.717) is 17.9 Å². The van der Waals surface area contributed by atoms with Gasteiger partial charge in [-0.25, -0.2) is 4.98 Å². The summed E-state index contributed by atoms with van der Waals surface area (Å²) in [4.78, 5) is 30.9. The largest absolute Gasteiger partial charge is 0.369 e. The van der Waals surface area contributed by atoms with E-state index in [1.807, 2.05) is 13.2 Å². The Labute approximate surface area is 158 Å². The fraction of sp³-hybridized carbons (Fsp3) is 0.474. The number of pyridine rings is 1. The first-order valence-electron chi connectivity index (χ1n) is 9.18. The van der Waals surface area contributed by atoms with Crippen molar-refractivity contribution in [1.82, 2.24) is 20.1 Å². The number of hydrogen-bond donors (Lipinski definition) is 2. The van der Waals surface area contributed by atoms with Crippen molar-refractivity contribution in [3.8, 4) is 0 Å². The number of anilines is 1. The minimum atomic E-state index is -0.487. The van der Waals surface area contributed by atoms with Gasteiger partial charge < -0.3 is 16.0 Å². The van der Waals surface area contributed by atoms with Crippen LogP contribution >= 0.6 is 0 Å². The van der Waals surface area contributed by atoms with Gasteiger partial charge in [0, 0.05) is 44.6 Å². The second kappa shape index (κ2) is 8.20. The highest BCUT2D eigenvalue weighted by Crippen LogP contribution is 2.22. The van der Waals surface area contributed by atoms with Gasteiger partial charge in [0.15, 0.2) is 0 Å². The van der Waals surface area contributed by atoms with Crippen molar-refractivity contribution in [3.63, 3.8) is 0 Å². The average Bonchev–Trinajstić information content (AvgIpc) is 3.26. The number of rotatable bonds is 7. The van der Waals surface area contributed by atoms with E-state index in [4.69, 9.17) is 5.73 Å². The summed E-state index contributed by atoms with van der Waals surface area (Å²) in [5, 5.41) is 6.91. The zero-order valence-corrected chi connectivity index (χ0v) is 15.8. The Morgan fingerprint density at radius 1 is 1.44 bits per heavy atom. The van der Waals surface area contributed by atoms with Gasteiger partial charge in [-0.15, -0.1) is 0 Å². The maximum Gasteiger partial charge on any atom is 0.251 e. The predicted molar refractivity (Wildman–Crippen MR) is 102 cm³/mol. The van der Waals surface area contributed by atoms with Crippen molar-refractivity contribution in [3.05, 3.63) is 41.9 Å². The molecular formula is C19H26N6O2. The molecule has 0 bridgehead atoms. The minimum absolute atomic E-state index is 0.182. The molecule has 8 nitrogen and oxygen atoms in total. The maximum absolute atomic E-state index is 12.5. The first-order chi connectivity index (χ1) is 12.9. The van der Waals surface area contributed by atoms with Crippen LogP contribution in [-0.2, 0) is 18.3 Å². The Morgan fingerprint density at radius 3 is 2.89 bits per heavy atom. The summed E-state index contributed by atoms with van der Waals surface area (Å²) in [5.74, 6) is 0.282. The smallest absolute Gasteiger partial charge is 0.251 e. The van der Waals surface area contributed by atoms with E-state index in [0.717, 1.165) is 30.9 Å². The molecule has 27 heavy (non-hydrogen) atoms. The summed E-state index contributed by atoms with van der Waals surface area (Å²) in [6.45, 7) is 4.30. The van der Waals surface area contributed by atoms with Crippen LogP contribution in [0.1, 0.15) is 29.3 Å². The lowest BCUT2D eigenvalue weighted by Crippen LogP contribution is -2.37. The van der Waals surface area contributed by atoms with Crippen molar-refractivity contribution in [2.45, 2.75) is 19.8 Å². The summed E-state index contributed by atoms with van der Waals surface area (Å²) < 4.78 is 1.67. The molecule has 2 atom stereocenters. The van der Waals surface area contributed by atoms with Crippen molar-refractivity contribution in [2.24, 2.45) is 24.6 Å². The van der Waals surface area contributed by atoms with Crippen molar-refractivity contribution < 1.29 is 9.59 Å². The summed E-state index contributed by atoms with van der Waals surface area (Å²) in [5.41, 5.74) is 6.94. The highest BCUT2D eigenvalue weighted by atomic mass is 16.2. The molecule has 2 unspecified atom stereocenters. The fourth-order valence-corrected chi connectivity index (χ4v) is 3.33. The highest BCUT2D eigenvalue weighted by molar-refractivity contribution is 5.95. The van der Waals surface area contributed by atoms with E-state index in [1.165, 1.54) is 0 Å². The molecule has 1 saturated heterocycles. The zero-order chi connectivity index (χ0) is 19.4. The van der Waals surface area contributed by atoms with Crippen LogP contribution in [0.5, 0.6) is 0 Å². The van der Waals surface area contributed by atoms with Crippen LogP contribution < -0.4 is 16.0 Å². The summed E-state index contributed by atoms with van der Waals surface area (Å²) >= 11 is 0. The van der Waals surface area contributed by atoms with Gasteiger partial charge in [0.1, 0.15) is 5.82 Å². The molecule has 3 N–H and O–H groups in total. The molecule has 1 fully saturated rings. The minimum Gasteiger partial charge on any atom is -0.369 e. The molecule has 1 aliphatic rings. The Kier molecular flexibility index (Phi) is 5.73. The van der Waals surface area contributed by atoms with Crippen LogP contribution in [-0.4, -0.2) is 46.2 Å². The molecule has 3 heterocycles. The van der Waals surface area contributed by atoms with E-state index < -0.39 is 11.8 Å². The first-order valence-corrected chi connectivity index (χ1v) is 9.18. The van der Waals surface area contributed by atoms with Crippen LogP contribution in [0.15, 0.2) is 30.7 Å². The number of nitrogens with zero attached hydrogens (tertiary/aromatic N) is 4. The molecule has 3 rings (SSSR count). The number of nitrogens with one attached hydrogen (secondary N) is 1. The van der Waals surface area contributed by atoms with Gasteiger partial charge in [-0.2, -0.15) is 5.10 Å². The SMILES string of the molecule is CC1CCN(c2cc(C(=O)NCC(Cc3cnn(C)c3)C(N)=O)ccn2)C1. The highest BCUT2D eigenvalue weighted by Gasteiger charge is 2.22. The van der Waals surface area contributed by atoms with Gasteiger partial charge in [0.2, 0.25) is 5.91 Å². The van der Waals surface area contributed by atoms with Crippen LogP contribution in [0, 0.1) is 11.8 Å². The summed E-state index contributed by atoms with van der Waals surface area (Å²) in [7, 11) is 1.81. The van der Waals surface area contributed by atoms with Crippen LogP contribution in [0.2, 0.25) is 0 Å². The Morgan fingerprint density at radius 2 is 2.26 bits per heavy atom. The number of carbonyl (C=O) groups is 2. The molecule has 0 aliphatic carbocycles. The standard InChI is InChI=1S/C19H26N6O2/c1-13-4-6-25(11-13)17-8-15(3-5-21-17)19(27)22-10-16(18(20)26)7-14-9-23-24(2)12-14/h3,5,8-9,12-13,16H,4,6-7,10-11H2,1-2H3,(H2,20,26)(H,22,27). The first kappa shape index (κ1) is 18.9. The van der Waals surface area contributed by atoms with E-state index in [-0.39, 0.29) is 12.5 Å². The Balaban J connectivity index is 1.61. The number of aromatic nitrogens is 3. The van der Waals surface area contributed by atoms with Gasteiger partial charge in [0.05, 0.1) is 12.1 Å². The van der Waals surface area contributed by atoms with Gasteiger partial charge in [-0.05, 0) is 36.5 Å². The summed E-state index contributed by atoms with van der Waals surface area (Å²) in [6.07, 6.45) is 6.76. The van der Waals surface area contributed by atoms with Gasteiger partial charge in [0.25, 0.3) is 5.91 Å². The molecule has 144 valence electrons. The topological polar surface area (TPSA) is 106 Å². The van der Waals surface area contributed by atoms with Gasteiger partial charge >= 0.3 is 0 Å². The molecule has 2 amide bonds. The molecule has 8 heteroatoms.